The van der Waals surface area contributed by atoms with E-state index in [1.807, 2.05) is 6.26 Å². The molecule has 0 aromatic rings. The Morgan fingerprint density at radius 3 is 2.54 bits per heavy atom. The molecule has 0 bridgehead atoms. The predicted octanol–water partition coefficient (Wildman–Crippen LogP) is 0.371. The Labute approximate surface area is 82.6 Å². The molecule has 0 unspecified atom stereocenters. The summed E-state index contributed by atoms with van der Waals surface area (Å²) in [6.45, 7) is 2.48. The van der Waals surface area contributed by atoms with Crippen LogP contribution >= 0.6 is 11.8 Å². The van der Waals surface area contributed by atoms with Gasteiger partial charge >= 0.3 is 11.9 Å². The number of likely N-dealkylation sites (N-methyl/N-ethyl adjacent to an activating group) is 1. The maximum atomic E-state index is 11.2. The summed E-state index contributed by atoms with van der Waals surface area (Å²) >= 11 is 1.63. The van der Waals surface area contributed by atoms with Gasteiger partial charge in [-0.3, -0.25) is 4.79 Å². The van der Waals surface area contributed by atoms with Crippen LogP contribution in [0.1, 0.15) is 6.92 Å². The Hall–Kier alpha value is -0.710. The summed E-state index contributed by atoms with van der Waals surface area (Å²) in [5, 5.41) is 0. The van der Waals surface area contributed by atoms with Crippen LogP contribution in [0, 0.1) is 0 Å². The molecule has 0 atom stereocenters. The largest absolute Gasteiger partial charge is 0.459 e. The second kappa shape index (κ2) is 6.77. The van der Waals surface area contributed by atoms with Crippen LogP contribution in [0.3, 0.4) is 0 Å². The molecule has 0 N–H and O–H groups in total. The molecule has 0 aromatic carbocycles. The molecule has 0 spiro atoms. The Kier molecular flexibility index (Phi) is 6.40. The van der Waals surface area contributed by atoms with Crippen LogP contribution < -0.4 is 0 Å². The Balaban J connectivity index is 3.87. The highest BCUT2D eigenvalue weighted by molar-refractivity contribution is 7.98. The molecular formula is C8H15NO3S. The minimum Gasteiger partial charge on any atom is -0.459 e. The van der Waals surface area contributed by atoms with Gasteiger partial charge in [0, 0.05) is 19.3 Å². The van der Waals surface area contributed by atoms with Gasteiger partial charge in [0.05, 0.1) is 6.61 Å². The van der Waals surface area contributed by atoms with E-state index in [2.05, 4.69) is 4.74 Å². The van der Waals surface area contributed by atoms with E-state index in [0.29, 0.717) is 6.54 Å². The number of ether oxygens (including phenoxy) is 1. The van der Waals surface area contributed by atoms with Crippen molar-refractivity contribution in [2.75, 3.05) is 32.2 Å². The van der Waals surface area contributed by atoms with Crippen molar-refractivity contribution in [3.8, 4) is 0 Å². The zero-order valence-electron chi connectivity index (χ0n) is 8.20. The highest BCUT2D eigenvalue weighted by Gasteiger charge is 2.18. The first-order chi connectivity index (χ1) is 6.13. The van der Waals surface area contributed by atoms with Crippen molar-refractivity contribution in [2.24, 2.45) is 0 Å². The number of nitrogens with zero attached hydrogens (tertiary/aromatic N) is 1. The number of thioether (sulfide) groups is 1. The molecule has 0 fully saturated rings. The zero-order valence-corrected chi connectivity index (χ0v) is 9.02. The fourth-order valence-electron chi connectivity index (χ4n) is 0.678. The molecule has 0 saturated heterocycles. The Morgan fingerprint density at radius 1 is 1.46 bits per heavy atom. The lowest BCUT2D eigenvalue weighted by molar-refractivity contribution is -0.159. The van der Waals surface area contributed by atoms with E-state index in [-0.39, 0.29) is 6.61 Å². The molecule has 5 heteroatoms. The van der Waals surface area contributed by atoms with E-state index in [1.165, 1.54) is 4.90 Å². The third-order valence-electron chi connectivity index (χ3n) is 1.43. The van der Waals surface area contributed by atoms with Gasteiger partial charge in [0.15, 0.2) is 0 Å². The highest BCUT2D eigenvalue weighted by atomic mass is 32.2. The fraction of sp³-hybridized carbons (Fsp3) is 0.750. The Bertz CT molecular complexity index is 184. The van der Waals surface area contributed by atoms with Gasteiger partial charge in [-0.2, -0.15) is 11.8 Å². The number of carbonyl (C=O) groups is 2. The van der Waals surface area contributed by atoms with Crippen molar-refractivity contribution in [1.82, 2.24) is 4.90 Å². The summed E-state index contributed by atoms with van der Waals surface area (Å²) in [4.78, 5) is 23.5. The van der Waals surface area contributed by atoms with E-state index < -0.39 is 11.9 Å². The predicted molar refractivity (Wildman–Crippen MR) is 52.7 cm³/mol. The van der Waals surface area contributed by atoms with Crippen LogP contribution in [0.2, 0.25) is 0 Å². The molecule has 0 saturated carbocycles. The van der Waals surface area contributed by atoms with Gasteiger partial charge in [-0.25, -0.2) is 4.79 Å². The lowest BCUT2D eigenvalue weighted by Crippen LogP contribution is -2.35. The van der Waals surface area contributed by atoms with E-state index in [4.69, 9.17) is 0 Å². The summed E-state index contributed by atoms with van der Waals surface area (Å²) in [5.41, 5.74) is 0. The highest BCUT2D eigenvalue weighted by Crippen LogP contribution is 1.95. The third-order valence-corrected chi connectivity index (χ3v) is 2.02. The number of esters is 1. The van der Waals surface area contributed by atoms with Crippen molar-refractivity contribution in [3.63, 3.8) is 0 Å². The second-order valence-corrected chi connectivity index (χ2v) is 3.43. The Morgan fingerprint density at radius 2 is 2.08 bits per heavy atom. The molecule has 0 radical (unpaired) electrons. The van der Waals surface area contributed by atoms with Crippen LogP contribution in [0.25, 0.3) is 0 Å². The lowest BCUT2D eigenvalue weighted by atomic mass is 10.5. The molecule has 1 amide bonds. The van der Waals surface area contributed by atoms with Gasteiger partial charge in [-0.05, 0) is 13.2 Å². The first kappa shape index (κ1) is 12.3. The van der Waals surface area contributed by atoms with E-state index in [9.17, 15) is 9.59 Å². The molecule has 0 heterocycles. The van der Waals surface area contributed by atoms with Gasteiger partial charge in [-0.1, -0.05) is 0 Å². The summed E-state index contributed by atoms with van der Waals surface area (Å²) in [5.74, 6) is -0.524. The maximum Gasteiger partial charge on any atom is 0.396 e. The molecule has 0 aliphatic rings. The number of hydrogen-bond acceptors (Lipinski definition) is 4. The normalized spacial score (nSPS) is 9.46. The molecular weight excluding hydrogens is 190 g/mol. The summed E-state index contributed by atoms with van der Waals surface area (Å²) in [6, 6.07) is 0. The molecule has 4 nitrogen and oxygen atoms in total. The van der Waals surface area contributed by atoms with Crippen molar-refractivity contribution < 1.29 is 14.3 Å². The summed E-state index contributed by atoms with van der Waals surface area (Å²) in [6.07, 6.45) is 1.95. The van der Waals surface area contributed by atoms with Crippen molar-refractivity contribution in [1.29, 1.82) is 0 Å². The minimum absolute atomic E-state index is 0.237. The molecule has 76 valence electrons. The van der Waals surface area contributed by atoms with Crippen LogP contribution in [0.4, 0.5) is 0 Å². The van der Waals surface area contributed by atoms with Crippen LogP contribution in [0.5, 0.6) is 0 Å². The van der Waals surface area contributed by atoms with Crippen LogP contribution in [-0.4, -0.2) is 49.0 Å². The molecule has 0 aliphatic carbocycles. The SMILES string of the molecule is CCOC(=O)C(=O)N(C)CCSC. The average molecular weight is 205 g/mol. The first-order valence-electron chi connectivity index (χ1n) is 4.04. The minimum atomic E-state index is -0.772. The van der Waals surface area contributed by atoms with Crippen LogP contribution in [0.15, 0.2) is 0 Å². The average Bonchev–Trinajstić information content (AvgIpc) is 2.13. The standard InChI is InChI=1S/C8H15NO3S/c1-4-12-8(11)7(10)9(2)5-6-13-3/h4-6H2,1-3H3. The summed E-state index contributed by atoms with van der Waals surface area (Å²) < 4.78 is 4.57. The molecule has 0 aliphatic heterocycles. The first-order valence-corrected chi connectivity index (χ1v) is 5.44. The van der Waals surface area contributed by atoms with Gasteiger partial charge in [0.1, 0.15) is 0 Å². The molecule has 0 aromatic heterocycles. The van der Waals surface area contributed by atoms with Crippen molar-refractivity contribution >= 4 is 23.6 Å². The number of carbonyl (C=O) groups excluding carboxylic acids is 2. The number of hydrogen-bond donors (Lipinski definition) is 0. The number of amides is 1. The summed E-state index contributed by atoms with van der Waals surface area (Å²) in [7, 11) is 1.59. The van der Waals surface area contributed by atoms with E-state index in [1.54, 1.807) is 25.7 Å². The van der Waals surface area contributed by atoms with E-state index >= 15 is 0 Å². The zero-order chi connectivity index (χ0) is 10.3. The van der Waals surface area contributed by atoms with Crippen LogP contribution in [-0.2, 0) is 14.3 Å². The maximum absolute atomic E-state index is 11.2. The van der Waals surface area contributed by atoms with Gasteiger partial charge in [0.2, 0.25) is 0 Å². The third kappa shape index (κ3) is 4.77. The smallest absolute Gasteiger partial charge is 0.396 e. The molecule has 13 heavy (non-hydrogen) atoms. The second-order valence-electron chi connectivity index (χ2n) is 2.44. The van der Waals surface area contributed by atoms with Crippen molar-refractivity contribution in [2.45, 2.75) is 6.92 Å². The number of rotatable bonds is 4. The lowest BCUT2D eigenvalue weighted by Gasteiger charge is -2.14. The van der Waals surface area contributed by atoms with Gasteiger partial charge in [0.25, 0.3) is 0 Å². The van der Waals surface area contributed by atoms with E-state index in [0.717, 1.165) is 5.75 Å². The topological polar surface area (TPSA) is 46.6 Å². The monoisotopic (exact) mass is 205 g/mol. The van der Waals surface area contributed by atoms with Crippen molar-refractivity contribution in [3.05, 3.63) is 0 Å². The fourth-order valence-corrected chi connectivity index (χ4v) is 1.13. The van der Waals surface area contributed by atoms with Gasteiger partial charge < -0.3 is 9.64 Å². The quantitative estimate of drug-likeness (QED) is 0.491. The van der Waals surface area contributed by atoms with Gasteiger partial charge in [-0.15, -0.1) is 0 Å². The molecule has 0 rings (SSSR count).